The summed E-state index contributed by atoms with van der Waals surface area (Å²) in [7, 11) is 1.72. The number of nitrogens with two attached hydrogens (primary N) is 1. The monoisotopic (exact) mass is 291 g/mol. The summed E-state index contributed by atoms with van der Waals surface area (Å²) in [5, 5.41) is 3.61. The Bertz CT molecular complexity index is 457. The van der Waals surface area contributed by atoms with Gasteiger partial charge in [0, 0.05) is 32.8 Å². The largest absolute Gasteiger partial charge is 0.380 e. The summed E-state index contributed by atoms with van der Waals surface area (Å²) < 4.78 is 5.23. The lowest BCUT2D eigenvalue weighted by Gasteiger charge is -2.31. The Morgan fingerprint density at radius 3 is 2.62 bits per heavy atom. The normalized spacial score (nSPS) is 17.0. The Labute approximate surface area is 126 Å². The molecule has 0 aliphatic carbocycles. The molecule has 1 aromatic carbocycles. The first-order valence-corrected chi connectivity index (χ1v) is 7.49. The number of ether oxygens (including phenoxy) is 1. The molecule has 0 unspecified atom stereocenters. The molecule has 3 N–H and O–H groups in total. The molecule has 0 spiro atoms. The molecule has 0 bridgehead atoms. The molecule has 0 aromatic heterocycles. The minimum absolute atomic E-state index is 0.241. The van der Waals surface area contributed by atoms with E-state index < -0.39 is 0 Å². The fourth-order valence-corrected chi connectivity index (χ4v) is 2.80. The van der Waals surface area contributed by atoms with Crippen molar-refractivity contribution in [3.8, 4) is 0 Å². The van der Waals surface area contributed by atoms with Crippen LogP contribution in [-0.4, -0.2) is 43.6 Å². The summed E-state index contributed by atoms with van der Waals surface area (Å²) in [6.07, 6.45) is 2.11. The van der Waals surface area contributed by atoms with Crippen molar-refractivity contribution in [2.45, 2.75) is 32.0 Å². The molecule has 1 aliphatic heterocycles. The Morgan fingerprint density at radius 2 is 2.00 bits per heavy atom. The second-order valence-corrected chi connectivity index (χ2v) is 5.60. The van der Waals surface area contributed by atoms with Crippen LogP contribution < -0.4 is 11.1 Å². The molecular formula is C16H25N3O2. The molecule has 21 heavy (non-hydrogen) atoms. The van der Waals surface area contributed by atoms with E-state index in [0.29, 0.717) is 19.2 Å². The van der Waals surface area contributed by atoms with Crippen LogP contribution in [-0.2, 0) is 22.7 Å². The van der Waals surface area contributed by atoms with E-state index in [1.54, 1.807) is 7.11 Å². The number of nitrogens with zero attached hydrogens (tertiary/aromatic N) is 1. The van der Waals surface area contributed by atoms with Crippen molar-refractivity contribution in [3.05, 3.63) is 35.4 Å². The molecule has 1 saturated heterocycles. The van der Waals surface area contributed by atoms with Crippen LogP contribution in [0.4, 0.5) is 0 Å². The molecule has 0 saturated carbocycles. The Kier molecular flexibility index (Phi) is 6.17. The third-order valence-corrected chi connectivity index (χ3v) is 3.97. The van der Waals surface area contributed by atoms with Crippen LogP contribution in [0.25, 0.3) is 0 Å². The number of piperidine rings is 1. The van der Waals surface area contributed by atoms with E-state index >= 15 is 0 Å². The van der Waals surface area contributed by atoms with Gasteiger partial charge in [0.1, 0.15) is 0 Å². The second kappa shape index (κ2) is 8.12. The summed E-state index contributed by atoms with van der Waals surface area (Å²) in [6.45, 7) is 3.75. The quantitative estimate of drug-likeness (QED) is 0.782. The zero-order valence-electron chi connectivity index (χ0n) is 12.7. The van der Waals surface area contributed by atoms with E-state index in [9.17, 15) is 4.79 Å². The highest BCUT2D eigenvalue weighted by Crippen LogP contribution is 2.13. The molecule has 2 rings (SSSR count). The van der Waals surface area contributed by atoms with Crippen molar-refractivity contribution in [3.63, 3.8) is 0 Å². The van der Waals surface area contributed by atoms with Crippen LogP contribution in [0.5, 0.6) is 0 Å². The van der Waals surface area contributed by atoms with Crippen LogP contribution in [0.3, 0.4) is 0 Å². The smallest absolute Gasteiger partial charge is 0.231 e. The van der Waals surface area contributed by atoms with Gasteiger partial charge in [-0.2, -0.15) is 0 Å². The van der Waals surface area contributed by atoms with E-state index in [4.69, 9.17) is 10.5 Å². The van der Waals surface area contributed by atoms with Crippen molar-refractivity contribution in [2.24, 2.45) is 5.73 Å². The maximum Gasteiger partial charge on any atom is 0.231 e. The molecule has 0 radical (unpaired) electrons. The molecule has 1 aromatic rings. The fourth-order valence-electron chi connectivity index (χ4n) is 2.80. The third-order valence-electron chi connectivity index (χ3n) is 3.97. The highest BCUT2D eigenvalue weighted by Gasteiger charge is 2.19. The topological polar surface area (TPSA) is 67.6 Å². The van der Waals surface area contributed by atoms with Crippen LogP contribution >= 0.6 is 0 Å². The standard InChI is InChI=1S/C16H25N3O2/c1-21-12-14-5-3-2-4-13(14)10-18-15-6-8-19(9-7-15)11-16(17)20/h2-5,15,18H,6-12H2,1H3,(H2,17,20). The molecule has 1 heterocycles. The zero-order chi connectivity index (χ0) is 15.1. The van der Waals surface area contributed by atoms with Crippen LogP contribution in [0.15, 0.2) is 24.3 Å². The summed E-state index contributed by atoms with van der Waals surface area (Å²) in [4.78, 5) is 13.0. The maximum absolute atomic E-state index is 10.9. The summed E-state index contributed by atoms with van der Waals surface area (Å²) >= 11 is 0. The van der Waals surface area contributed by atoms with Gasteiger partial charge in [-0.15, -0.1) is 0 Å². The fraction of sp³-hybridized carbons (Fsp3) is 0.562. The molecule has 1 fully saturated rings. The van der Waals surface area contributed by atoms with Gasteiger partial charge in [0.05, 0.1) is 13.2 Å². The van der Waals surface area contributed by atoms with E-state index in [-0.39, 0.29) is 5.91 Å². The number of rotatable bonds is 7. The number of primary amides is 1. The van der Waals surface area contributed by atoms with Gasteiger partial charge in [-0.1, -0.05) is 24.3 Å². The van der Waals surface area contributed by atoms with Crippen molar-refractivity contribution in [2.75, 3.05) is 26.7 Å². The van der Waals surface area contributed by atoms with Gasteiger partial charge in [0.25, 0.3) is 0 Å². The lowest BCUT2D eigenvalue weighted by atomic mass is 10.0. The maximum atomic E-state index is 10.9. The number of nitrogens with one attached hydrogen (secondary N) is 1. The SMILES string of the molecule is COCc1ccccc1CNC1CCN(CC(N)=O)CC1. The number of benzene rings is 1. The second-order valence-electron chi connectivity index (χ2n) is 5.60. The first kappa shape index (κ1) is 15.9. The van der Waals surface area contributed by atoms with Gasteiger partial charge in [-0.05, 0) is 24.0 Å². The van der Waals surface area contributed by atoms with Gasteiger partial charge in [0.2, 0.25) is 5.91 Å². The minimum Gasteiger partial charge on any atom is -0.380 e. The average Bonchev–Trinajstić information content (AvgIpc) is 2.48. The number of methoxy groups -OCH3 is 1. The van der Waals surface area contributed by atoms with E-state index in [1.165, 1.54) is 11.1 Å². The predicted octanol–water partition coefficient (Wildman–Crippen LogP) is 0.872. The number of carbonyl (C=O) groups excluding carboxylic acids is 1. The van der Waals surface area contributed by atoms with Crippen molar-refractivity contribution >= 4 is 5.91 Å². The van der Waals surface area contributed by atoms with E-state index in [0.717, 1.165) is 32.5 Å². The number of carbonyl (C=O) groups is 1. The van der Waals surface area contributed by atoms with Crippen molar-refractivity contribution in [1.29, 1.82) is 0 Å². The van der Waals surface area contributed by atoms with Crippen molar-refractivity contribution in [1.82, 2.24) is 10.2 Å². The summed E-state index contributed by atoms with van der Waals surface area (Å²) in [6, 6.07) is 8.86. The highest BCUT2D eigenvalue weighted by atomic mass is 16.5. The molecular weight excluding hydrogens is 266 g/mol. The Hall–Kier alpha value is -1.43. The van der Waals surface area contributed by atoms with Crippen LogP contribution in [0.1, 0.15) is 24.0 Å². The summed E-state index contributed by atoms with van der Waals surface area (Å²) in [5.41, 5.74) is 7.76. The average molecular weight is 291 g/mol. The highest BCUT2D eigenvalue weighted by molar-refractivity contribution is 5.75. The van der Waals surface area contributed by atoms with E-state index in [1.807, 2.05) is 6.07 Å². The predicted molar refractivity (Wildman–Crippen MR) is 82.7 cm³/mol. The number of likely N-dealkylation sites (tertiary alicyclic amines) is 1. The first-order valence-electron chi connectivity index (χ1n) is 7.49. The van der Waals surface area contributed by atoms with E-state index in [2.05, 4.69) is 28.4 Å². The number of hydrogen-bond donors (Lipinski definition) is 2. The van der Waals surface area contributed by atoms with Gasteiger partial charge in [-0.25, -0.2) is 0 Å². The molecule has 5 nitrogen and oxygen atoms in total. The minimum atomic E-state index is -0.241. The van der Waals surface area contributed by atoms with Gasteiger partial charge >= 0.3 is 0 Å². The Balaban J connectivity index is 1.78. The lowest BCUT2D eigenvalue weighted by Crippen LogP contribution is -2.45. The Morgan fingerprint density at radius 1 is 1.33 bits per heavy atom. The third kappa shape index (κ3) is 5.12. The molecule has 0 atom stereocenters. The zero-order valence-corrected chi connectivity index (χ0v) is 12.7. The van der Waals surface area contributed by atoms with Gasteiger partial charge < -0.3 is 15.8 Å². The van der Waals surface area contributed by atoms with Gasteiger partial charge in [-0.3, -0.25) is 9.69 Å². The molecule has 1 amide bonds. The molecule has 116 valence electrons. The first-order chi connectivity index (χ1) is 10.2. The molecule has 5 heteroatoms. The number of hydrogen-bond acceptors (Lipinski definition) is 4. The lowest BCUT2D eigenvalue weighted by molar-refractivity contribution is -0.119. The van der Waals surface area contributed by atoms with Crippen LogP contribution in [0.2, 0.25) is 0 Å². The van der Waals surface area contributed by atoms with Gasteiger partial charge in [0.15, 0.2) is 0 Å². The molecule has 1 aliphatic rings. The number of amides is 1. The van der Waals surface area contributed by atoms with Crippen molar-refractivity contribution < 1.29 is 9.53 Å². The summed E-state index contributed by atoms with van der Waals surface area (Å²) in [5.74, 6) is -0.241. The van der Waals surface area contributed by atoms with Crippen LogP contribution in [0, 0.1) is 0 Å².